The van der Waals surface area contributed by atoms with Crippen LogP contribution in [0.4, 0.5) is 5.69 Å². The molecule has 2 heterocycles. The van der Waals surface area contributed by atoms with Crippen molar-refractivity contribution in [3.8, 4) is 0 Å². The highest BCUT2D eigenvalue weighted by Crippen LogP contribution is 2.22. The number of nitrogens with one attached hydrogen (secondary N) is 2. The van der Waals surface area contributed by atoms with Crippen LogP contribution in [0.15, 0.2) is 71.7 Å². The van der Waals surface area contributed by atoms with Crippen molar-refractivity contribution in [2.24, 2.45) is 0 Å². The summed E-state index contributed by atoms with van der Waals surface area (Å²) in [5.41, 5.74) is 1.92. The van der Waals surface area contributed by atoms with Crippen LogP contribution in [0.3, 0.4) is 0 Å². The molecule has 10 heteroatoms. The smallest absolute Gasteiger partial charge is 0.343 e. The fraction of sp³-hybridized carbons (Fsp3) is 0.0909. The normalized spacial score (nSPS) is 10.8. The van der Waals surface area contributed by atoms with Gasteiger partial charge < -0.3 is 10.6 Å². The van der Waals surface area contributed by atoms with Crippen molar-refractivity contribution in [2.45, 2.75) is 6.54 Å². The van der Waals surface area contributed by atoms with Gasteiger partial charge in [-0.25, -0.2) is 9.48 Å². The van der Waals surface area contributed by atoms with Crippen LogP contribution in [0.5, 0.6) is 0 Å². The SMILES string of the molecule is O=C(CNC(=O)c1ccc(Cl)c(Cl)c1)Nc1cccc(Cn2nc3ccccn3c2=O)c1. The molecule has 0 atom stereocenters. The van der Waals surface area contributed by atoms with Crippen molar-refractivity contribution >= 4 is 46.4 Å². The van der Waals surface area contributed by atoms with Crippen molar-refractivity contribution in [3.05, 3.63) is 98.5 Å². The first kappa shape index (κ1) is 21.6. The van der Waals surface area contributed by atoms with Gasteiger partial charge in [0.05, 0.1) is 23.1 Å². The number of pyridine rings is 1. The van der Waals surface area contributed by atoms with E-state index < -0.39 is 11.8 Å². The van der Waals surface area contributed by atoms with Gasteiger partial charge in [0.25, 0.3) is 5.91 Å². The zero-order valence-corrected chi connectivity index (χ0v) is 18.1. The van der Waals surface area contributed by atoms with Crippen LogP contribution < -0.4 is 16.3 Å². The van der Waals surface area contributed by atoms with Crippen LogP contribution in [0.2, 0.25) is 10.0 Å². The van der Waals surface area contributed by atoms with E-state index in [2.05, 4.69) is 15.7 Å². The van der Waals surface area contributed by atoms with Crippen LogP contribution in [0, 0.1) is 0 Å². The molecular formula is C22H17Cl2N5O3. The summed E-state index contributed by atoms with van der Waals surface area (Å²) in [4.78, 5) is 36.9. The number of hydrogen-bond acceptors (Lipinski definition) is 4. The van der Waals surface area contributed by atoms with Gasteiger partial charge in [-0.1, -0.05) is 41.4 Å². The maximum absolute atomic E-state index is 12.4. The summed E-state index contributed by atoms with van der Waals surface area (Å²) in [6.07, 6.45) is 1.66. The molecule has 2 N–H and O–H groups in total. The van der Waals surface area contributed by atoms with Crippen LogP contribution in [0.25, 0.3) is 5.65 Å². The van der Waals surface area contributed by atoms with E-state index >= 15 is 0 Å². The monoisotopic (exact) mass is 469 g/mol. The zero-order valence-electron chi connectivity index (χ0n) is 16.6. The predicted octanol–water partition coefficient (Wildman–Crippen LogP) is 3.22. The molecule has 2 amide bonds. The van der Waals surface area contributed by atoms with Crippen LogP contribution in [0.1, 0.15) is 15.9 Å². The summed E-state index contributed by atoms with van der Waals surface area (Å²) >= 11 is 11.8. The Kier molecular flexibility index (Phi) is 6.25. The van der Waals surface area contributed by atoms with E-state index in [1.165, 1.54) is 27.3 Å². The summed E-state index contributed by atoms with van der Waals surface area (Å²) in [5.74, 6) is -0.848. The number of anilines is 1. The van der Waals surface area contributed by atoms with Gasteiger partial charge in [-0.05, 0) is 48.0 Å². The van der Waals surface area contributed by atoms with Gasteiger partial charge in [-0.3, -0.25) is 14.0 Å². The molecule has 2 aromatic heterocycles. The number of carbonyl (C=O) groups excluding carboxylic acids is 2. The number of carbonyl (C=O) groups is 2. The van der Waals surface area contributed by atoms with Gasteiger partial charge in [0, 0.05) is 17.4 Å². The molecule has 0 aliphatic rings. The second kappa shape index (κ2) is 9.25. The number of aromatic nitrogens is 3. The van der Waals surface area contributed by atoms with Crippen molar-refractivity contribution in [1.29, 1.82) is 0 Å². The number of halogens is 2. The number of amides is 2. The molecule has 162 valence electrons. The first-order chi connectivity index (χ1) is 15.4. The van der Waals surface area contributed by atoms with Crippen LogP contribution in [-0.4, -0.2) is 32.5 Å². The number of benzene rings is 2. The molecule has 0 spiro atoms. The lowest BCUT2D eigenvalue weighted by Gasteiger charge is -2.09. The van der Waals surface area contributed by atoms with E-state index in [0.29, 0.717) is 21.9 Å². The third-order valence-corrected chi connectivity index (χ3v) is 5.36. The lowest BCUT2D eigenvalue weighted by Crippen LogP contribution is -2.32. The van der Waals surface area contributed by atoms with E-state index in [-0.39, 0.29) is 23.8 Å². The van der Waals surface area contributed by atoms with Crippen LogP contribution >= 0.6 is 23.2 Å². The summed E-state index contributed by atoms with van der Waals surface area (Å²) in [7, 11) is 0. The Bertz CT molecular complexity index is 1380. The molecule has 32 heavy (non-hydrogen) atoms. The highest BCUT2D eigenvalue weighted by Gasteiger charge is 2.11. The second-order valence-electron chi connectivity index (χ2n) is 6.93. The zero-order chi connectivity index (χ0) is 22.7. The molecule has 4 rings (SSSR count). The van der Waals surface area contributed by atoms with Gasteiger partial charge in [0.15, 0.2) is 5.65 Å². The van der Waals surface area contributed by atoms with E-state index in [1.54, 1.807) is 36.5 Å². The fourth-order valence-electron chi connectivity index (χ4n) is 3.10. The van der Waals surface area contributed by atoms with Gasteiger partial charge in [-0.2, -0.15) is 0 Å². The molecule has 0 radical (unpaired) electrons. The number of rotatable bonds is 6. The standard InChI is InChI=1S/C22H17Cl2N5O3/c23-17-8-7-15(11-18(17)24)21(31)25-12-20(30)26-16-5-3-4-14(10-16)13-29-22(32)28-9-2-1-6-19(28)27-29/h1-11H,12-13H2,(H,25,31)(H,26,30). The molecule has 4 aromatic rings. The van der Waals surface area contributed by atoms with Crippen molar-refractivity contribution in [1.82, 2.24) is 19.5 Å². The molecule has 0 unspecified atom stereocenters. The minimum Gasteiger partial charge on any atom is -0.343 e. The lowest BCUT2D eigenvalue weighted by molar-refractivity contribution is -0.115. The maximum Gasteiger partial charge on any atom is 0.350 e. The minimum absolute atomic E-state index is 0.227. The average molecular weight is 470 g/mol. The number of hydrogen-bond donors (Lipinski definition) is 2. The van der Waals surface area contributed by atoms with E-state index in [0.717, 1.165) is 5.56 Å². The summed E-state index contributed by atoms with van der Waals surface area (Å²) < 4.78 is 2.82. The van der Waals surface area contributed by atoms with Crippen molar-refractivity contribution < 1.29 is 9.59 Å². The Labute approximate surface area is 192 Å². The summed E-state index contributed by atoms with van der Waals surface area (Å²) in [6.45, 7) is 0.0213. The number of nitrogens with zero attached hydrogens (tertiary/aromatic N) is 3. The topological polar surface area (TPSA) is 97.5 Å². The van der Waals surface area contributed by atoms with Gasteiger partial charge in [0.2, 0.25) is 5.91 Å². The third-order valence-electron chi connectivity index (χ3n) is 4.62. The van der Waals surface area contributed by atoms with Gasteiger partial charge in [0.1, 0.15) is 0 Å². The summed E-state index contributed by atoms with van der Waals surface area (Å²) in [5, 5.41) is 10.2. The minimum atomic E-state index is -0.446. The van der Waals surface area contributed by atoms with Crippen LogP contribution in [-0.2, 0) is 11.3 Å². The Balaban J connectivity index is 1.38. The molecule has 0 saturated carbocycles. The molecule has 0 saturated heterocycles. The van der Waals surface area contributed by atoms with Crippen molar-refractivity contribution in [3.63, 3.8) is 0 Å². The fourth-order valence-corrected chi connectivity index (χ4v) is 3.39. The van der Waals surface area contributed by atoms with E-state index in [9.17, 15) is 14.4 Å². The first-order valence-corrected chi connectivity index (χ1v) is 10.3. The largest absolute Gasteiger partial charge is 0.350 e. The third kappa shape index (κ3) is 4.82. The molecule has 0 aliphatic carbocycles. The van der Waals surface area contributed by atoms with Gasteiger partial charge >= 0.3 is 5.69 Å². The van der Waals surface area contributed by atoms with Gasteiger partial charge in [-0.15, -0.1) is 5.10 Å². The highest BCUT2D eigenvalue weighted by molar-refractivity contribution is 6.42. The molecule has 8 nitrogen and oxygen atoms in total. The molecular weight excluding hydrogens is 453 g/mol. The Morgan fingerprint density at radius 3 is 2.59 bits per heavy atom. The molecule has 2 aromatic carbocycles. The average Bonchev–Trinajstić information content (AvgIpc) is 3.09. The lowest BCUT2D eigenvalue weighted by atomic mass is 10.2. The number of fused-ring (bicyclic) bond motifs is 1. The molecule has 0 fully saturated rings. The maximum atomic E-state index is 12.4. The highest BCUT2D eigenvalue weighted by atomic mass is 35.5. The quantitative estimate of drug-likeness (QED) is 0.452. The molecule has 0 bridgehead atoms. The van der Waals surface area contributed by atoms with E-state index in [4.69, 9.17) is 23.2 Å². The summed E-state index contributed by atoms with van der Waals surface area (Å²) in [6, 6.07) is 16.8. The Hall–Kier alpha value is -3.62. The first-order valence-electron chi connectivity index (χ1n) is 9.57. The predicted molar refractivity (Wildman–Crippen MR) is 122 cm³/mol. The Morgan fingerprint density at radius 1 is 0.969 bits per heavy atom. The second-order valence-corrected chi connectivity index (χ2v) is 7.74. The molecule has 0 aliphatic heterocycles. The Morgan fingerprint density at radius 2 is 1.81 bits per heavy atom. The van der Waals surface area contributed by atoms with Crippen molar-refractivity contribution in [2.75, 3.05) is 11.9 Å². The van der Waals surface area contributed by atoms with E-state index in [1.807, 2.05) is 12.1 Å².